The molecule has 0 aliphatic heterocycles. The molecule has 0 bridgehead atoms. The number of nitrogens with zero attached hydrogens (tertiary/aromatic N) is 3. The average Bonchev–Trinajstić information content (AvgIpc) is 2.96. The molecule has 1 amide bonds. The van der Waals surface area contributed by atoms with E-state index in [4.69, 9.17) is 0 Å². The molecule has 2 aromatic heterocycles. The van der Waals surface area contributed by atoms with Crippen LogP contribution in [0.3, 0.4) is 0 Å². The smallest absolute Gasteiger partial charge is 0.256 e. The lowest BCUT2D eigenvalue weighted by Gasteiger charge is -2.10. The number of hydrogen-bond donors (Lipinski definition) is 1. The first kappa shape index (κ1) is 17.0. The molecule has 0 saturated heterocycles. The van der Waals surface area contributed by atoms with Gasteiger partial charge >= 0.3 is 0 Å². The lowest BCUT2D eigenvalue weighted by atomic mass is 10.1. The molecule has 2 aromatic carbocycles. The predicted octanol–water partition coefficient (Wildman–Crippen LogP) is 4.60. The van der Waals surface area contributed by atoms with E-state index >= 15 is 0 Å². The van der Waals surface area contributed by atoms with Crippen molar-refractivity contribution in [1.29, 1.82) is 0 Å². The summed E-state index contributed by atoms with van der Waals surface area (Å²) in [4.78, 5) is 17.6. The molecule has 5 nitrogen and oxygen atoms in total. The van der Waals surface area contributed by atoms with Crippen molar-refractivity contribution in [1.82, 2.24) is 14.8 Å². The lowest BCUT2D eigenvalue weighted by Crippen LogP contribution is -2.14. The molecule has 0 radical (unpaired) electrons. The quantitative estimate of drug-likeness (QED) is 0.584. The van der Waals surface area contributed by atoms with Gasteiger partial charge in [0.15, 0.2) is 0 Å². The molecule has 0 saturated carbocycles. The number of amides is 1. The van der Waals surface area contributed by atoms with Gasteiger partial charge in [-0.05, 0) is 45.0 Å². The van der Waals surface area contributed by atoms with E-state index in [-0.39, 0.29) is 5.91 Å². The van der Waals surface area contributed by atoms with Crippen LogP contribution in [0.5, 0.6) is 0 Å². The van der Waals surface area contributed by atoms with E-state index in [1.54, 1.807) is 0 Å². The van der Waals surface area contributed by atoms with Gasteiger partial charge in [-0.15, -0.1) is 0 Å². The summed E-state index contributed by atoms with van der Waals surface area (Å²) in [6.45, 7) is 5.75. The van der Waals surface area contributed by atoms with Gasteiger partial charge in [-0.25, -0.2) is 4.68 Å². The number of fused-ring (bicyclic) bond motifs is 1. The molecule has 0 aliphatic carbocycles. The number of rotatable bonds is 3. The van der Waals surface area contributed by atoms with E-state index in [0.717, 1.165) is 39.4 Å². The van der Waals surface area contributed by atoms with Gasteiger partial charge < -0.3 is 5.32 Å². The summed E-state index contributed by atoms with van der Waals surface area (Å²) < 4.78 is 1.85. The Morgan fingerprint density at radius 3 is 2.44 bits per heavy atom. The molecule has 5 heteroatoms. The topological polar surface area (TPSA) is 59.8 Å². The minimum atomic E-state index is -0.157. The predicted molar refractivity (Wildman–Crippen MR) is 107 cm³/mol. The summed E-state index contributed by atoms with van der Waals surface area (Å²) in [5.74, 6) is -0.157. The van der Waals surface area contributed by atoms with E-state index in [2.05, 4.69) is 15.4 Å². The monoisotopic (exact) mass is 356 g/mol. The molecule has 27 heavy (non-hydrogen) atoms. The Kier molecular flexibility index (Phi) is 4.20. The Morgan fingerprint density at radius 2 is 1.67 bits per heavy atom. The van der Waals surface area contributed by atoms with Crippen LogP contribution in [0.2, 0.25) is 0 Å². The van der Waals surface area contributed by atoms with Gasteiger partial charge in [0.1, 0.15) is 0 Å². The minimum absolute atomic E-state index is 0.157. The summed E-state index contributed by atoms with van der Waals surface area (Å²) >= 11 is 0. The Hall–Kier alpha value is -3.47. The summed E-state index contributed by atoms with van der Waals surface area (Å²) in [6, 6.07) is 19.4. The first-order valence-electron chi connectivity index (χ1n) is 8.84. The third kappa shape index (κ3) is 3.08. The highest BCUT2D eigenvalue weighted by atomic mass is 16.1. The second kappa shape index (κ2) is 6.68. The van der Waals surface area contributed by atoms with Crippen LogP contribution in [-0.4, -0.2) is 20.7 Å². The lowest BCUT2D eigenvalue weighted by molar-refractivity contribution is 0.102. The normalized spacial score (nSPS) is 10.9. The zero-order valence-corrected chi connectivity index (χ0v) is 15.5. The molecule has 4 aromatic rings. The average molecular weight is 356 g/mol. The zero-order valence-electron chi connectivity index (χ0n) is 15.5. The maximum absolute atomic E-state index is 13.1. The highest BCUT2D eigenvalue weighted by Crippen LogP contribution is 2.25. The third-order valence-electron chi connectivity index (χ3n) is 4.62. The highest BCUT2D eigenvalue weighted by Gasteiger charge is 2.18. The van der Waals surface area contributed by atoms with Crippen molar-refractivity contribution in [2.45, 2.75) is 20.8 Å². The number of para-hydroxylation sites is 2. The van der Waals surface area contributed by atoms with Crippen molar-refractivity contribution in [2.24, 2.45) is 0 Å². The first-order valence-corrected chi connectivity index (χ1v) is 8.84. The number of carbonyl (C=O) groups is 1. The minimum Gasteiger partial charge on any atom is -0.319 e. The summed E-state index contributed by atoms with van der Waals surface area (Å²) in [5.41, 5.74) is 5.61. The largest absolute Gasteiger partial charge is 0.319 e. The van der Waals surface area contributed by atoms with Crippen molar-refractivity contribution in [3.05, 3.63) is 83.3 Å². The maximum atomic E-state index is 13.1. The van der Waals surface area contributed by atoms with Crippen LogP contribution in [0.25, 0.3) is 16.6 Å². The van der Waals surface area contributed by atoms with E-state index < -0.39 is 0 Å². The van der Waals surface area contributed by atoms with Crippen molar-refractivity contribution < 1.29 is 4.79 Å². The molecule has 134 valence electrons. The number of aromatic nitrogens is 3. The highest BCUT2D eigenvalue weighted by molar-refractivity contribution is 6.12. The number of hydrogen-bond acceptors (Lipinski definition) is 3. The summed E-state index contributed by atoms with van der Waals surface area (Å²) in [6.07, 6.45) is 0. The van der Waals surface area contributed by atoms with Crippen molar-refractivity contribution in [3.63, 3.8) is 0 Å². The Morgan fingerprint density at radius 1 is 0.963 bits per heavy atom. The molecule has 0 atom stereocenters. The third-order valence-corrected chi connectivity index (χ3v) is 4.62. The van der Waals surface area contributed by atoms with Crippen LogP contribution in [-0.2, 0) is 0 Å². The van der Waals surface area contributed by atoms with Gasteiger partial charge in [0.2, 0.25) is 0 Å². The zero-order chi connectivity index (χ0) is 19.0. The van der Waals surface area contributed by atoms with Gasteiger partial charge in [0, 0.05) is 11.1 Å². The number of benzene rings is 2. The van der Waals surface area contributed by atoms with E-state index in [1.165, 1.54) is 0 Å². The van der Waals surface area contributed by atoms with E-state index in [1.807, 2.05) is 86.1 Å². The number of nitrogens with one attached hydrogen (secondary N) is 1. The Bertz CT molecular complexity index is 1150. The van der Waals surface area contributed by atoms with Crippen LogP contribution in [0.1, 0.15) is 27.4 Å². The molecule has 4 rings (SSSR count). The SMILES string of the molecule is Cc1cc(C(=O)Nc2c(C)nn(-c3ccccc3)c2C)c2ccccc2n1. The standard InChI is InChI=1S/C22H20N4O/c1-14-13-19(18-11-7-8-12-20(18)23-14)22(27)24-21-15(2)25-26(16(21)3)17-9-5-4-6-10-17/h4-13H,1-3H3,(H,24,27). The fourth-order valence-electron chi connectivity index (χ4n) is 3.32. The van der Waals surface area contributed by atoms with Crippen LogP contribution in [0.15, 0.2) is 60.7 Å². The van der Waals surface area contributed by atoms with Gasteiger partial charge in [-0.1, -0.05) is 36.4 Å². The molecule has 0 fully saturated rings. The number of anilines is 1. The van der Waals surface area contributed by atoms with Crippen LogP contribution >= 0.6 is 0 Å². The van der Waals surface area contributed by atoms with Crippen molar-refractivity contribution >= 4 is 22.5 Å². The molecule has 0 spiro atoms. The van der Waals surface area contributed by atoms with Gasteiger partial charge in [-0.3, -0.25) is 9.78 Å². The number of aryl methyl sites for hydroxylation is 2. The second-order valence-electron chi connectivity index (χ2n) is 6.58. The van der Waals surface area contributed by atoms with Crippen molar-refractivity contribution in [2.75, 3.05) is 5.32 Å². The molecule has 2 heterocycles. The van der Waals surface area contributed by atoms with E-state index in [9.17, 15) is 4.79 Å². The molecule has 0 unspecified atom stereocenters. The van der Waals surface area contributed by atoms with Gasteiger partial charge in [0.05, 0.1) is 33.8 Å². The van der Waals surface area contributed by atoms with E-state index in [0.29, 0.717) is 5.56 Å². The first-order chi connectivity index (χ1) is 13.0. The van der Waals surface area contributed by atoms with Crippen LogP contribution in [0, 0.1) is 20.8 Å². The van der Waals surface area contributed by atoms with Crippen LogP contribution in [0.4, 0.5) is 5.69 Å². The fraction of sp³-hybridized carbons (Fsp3) is 0.136. The number of carbonyl (C=O) groups excluding carboxylic acids is 1. The molecular weight excluding hydrogens is 336 g/mol. The number of pyridine rings is 1. The maximum Gasteiger partial charge on any atom is 0.256 e. The van der Waals surface area contributed by atoms with Crippen molar-refractivity contribution in [3.8, 4) is 5.69 Å². The molecule has 1 N–H and O–H groups in total. The Labute approximate surface area is 157 Å². The summed E-state index contributed by atoms with van der Waals surface area (Å²) in [7, 11) is 0. The second-order valence-corrected chi connectivity index (χ2v) is 6.58. The van der Waals surface area contributed by atoms with Crippen LogP contribution < -0.4 is 5.32 Å². The Balaban J connectivity index is 1.74. The van der Waals surface area contributed by atoms with Gasteiger partial charge in [-0.2, -0.15) is 5.10 Å². The van der Waals surface area contributed by atoms with Gasteiger partial charge in [0.25, 0.3) is 5.91 Å². The fourth-order valence-corrected chi connectivity index (χ4v) is 3.32. The summed E-state index contributed by atoms with van der Waals surface area (Å²) in [5, 5.41) is 8.49. The molecule has 0 aliphatic rings. The molecular formula is C22H20N4O.